The summed E-state index contributed by atoms with van der Waals surface area (Å²) in [6, 6.07) is 3.99. The van der Waals surface area contributed by atoms with E-state index < -0.39 is 0 Å². The van der Waals surface area contributed by atoms with Crippen LogP contribution in [0.1, 0.15) is 25.3 Å². The Morgan fingerprint density at radius 2 is 2.20 bits per heavy atom. The first-order valence-corrected chi connectivity index (χ1v) is 7.36. The van der Waals surface area contributed by atoms with Crippen LogP contribution in [0, 0.1) is 0 Å². The molecule has 1 N–H and O–H groups in total. The fourth-order valence-corrected chi connectivity index (χ4v) is 2.52. The van der Waals surface area contributed by atoms with Gasteiger partial charge in [-0.05, 0) is 25.5 Å². The number of hydrogen-bond acceptors (Lipinski definition) is 4. The highest BCUT2D eigenvalue weighted by Gasteiger charge is 2.20. The second-order valence-corrected chi connectivity index (χ2v) is 5.21. The van der Waals surface area contributed by atoms with Crippen LogP contribution in [0.5, 0.6) is 0 Å². The zero-order valence-electron chi connectivity index (χ0n) is 12.4. The van der Waals surface area contributed by atoms with Crippen molar-refractivity contribution in [3.8, 4) is 0 Å². The Morgan fingerprint density at radius 1 is 1.45 bits per heavy atom. The van der Waals surface area contributed by atoms with Crippen LogP contribution in [-0.4, -0.2) is 49.0 Å². The van der Waals surface area contributed by atoms with Gasteiger partial charge in [0.2, 0.25) is 5.91 Å². The van der Waals surface area contributed by atoms with Crippen LogP contribution in [0.25, 0.3) is 0 Å². The number of amides is 1. The third-order valence-electron chi connectivity index (χ3n) is 3.63. The van der Waals surface area contributed by atoms with Crippen molar-refractivity contribution in [3.05, 3.63) is 23.9 Å². The number of nitrogens with zero attached hydrogens (tertiary/aromatic N) is 3. The minimum atomic E-state index is 0.199. The van der Waals surface area contributed by atoms with Gasteiger partial charge in [-0.1, -0.05) is 13.0 Å². The first kappa shape index (κ1) is 14.8. The van der Waals surface area contributed by atoms with E-state index in [0.717, 1.165) is 50.4 Å². The van der Waals surface area contributed by atoms with Crippen LogP contribution >= 0.6 is 0 Å². The summed E-state index contributed by atoms with van der Waals surface area (Å²) >= 11 is 0. The van der Waals surface area contributed by atoms with Crippen molar-refractivity contribution >= 4 is 11.7 Å². The minimum absolute atomic E-state index is 0.199. The molecule has 0 radical (unpaired) electrons. The van der Waals surface area contributed by atoms with Crippen LogP contribution in [-0.2, 0) is 11.3 Å². The fourth-order valence-electron chi connectivity index (χ4n) is 2.52. The number of likely N-dealkylation sites (N-methyl/N-ethyl adjacent to an activating group) is 1. The molecule has 0 spiro atoms. The van der Waals surface area contributed by atoms with Crippen LogP contribution in [0.15, 0.2) is 18.3 Å². The molecule has 0 unspecified atom stereocenters. The zero-order valence-corrected chi connectivity index (χ0v) is 12.4. The highest BCUT2D eigenvalue weighted by atomic mass is 16.2. The number of likely N-dealkylation sites (tertiary alicyclic amines) is 1. The van der Waals surface area contributed by atoms with Crippen LogP contribution in [0.4, 0.5) is 5.82 Å². The molecule has 0 bridgehead atoms. The van der Waals surface area contributed by atoms with E-state index in [0.29, 0.717) is 6.54 Å². The van der Waals surface area contributed by atoms with Gasteiger partial charge in [0.25, 0.3) is 0 Å². The summed E-state index contributed by atoms with van der Waals surface area (Å²) in [5.41, 5.74) is 1.13. The van der Waals surface area contributed by atoms with Gasteiger partial charge >= 0.3 is 0 Å². The van der Waals surface area contributed by atoms with E-state index in [1.54, 1.807) is 6.20 Å². The Kier molecular flexibility index (Phi) is 5.35. The normalized spacial score (nSPS) is 14.6. The molecule has 1 amide bonds. The zero-order chi connectivity index (χ0) is 14.4. The highest BCUT2D eigenvalue weighted by molar-refractivity contribution is 5.81. The highest BCUT2D eigenvalue weighted by Crippen LogP contribution is 2.16. The van der Waals surface area contributed by atoms with Gasteiger partial charge in [0.1, 0.15) is 5.82 Å². The average molecular weight is 276 g/mol. The summed E-state index contributed by atoms with van der Waals surface area (Å²) < 4.78 is 0. The Labute approximate surface area is 121 Å². The third kappa shape index (κ3) is 3.70. The van der Waals surface area contributed by atoms with Gasteiger partial charge in [0.15, 0.2) is 0 Å². The van der Waals surface area contributed by atoms with Crippen molar-refractivity contribution in [1.82, 2.24) is 15.2 Å². The lowest BCUT2D eigenvalue weighted by molar-refractivity contribution is -0.128. The summed E-state index contributed by atoms with van der Waals surface area (Å²) in [7, 11) is 1.94. The smallest absolute Gasteiger partial charge is 0.242 e. The largest absolute Gasteiger partial charge is 0.350 e. The molecule has 5 nitrogen and oxygen atoms in total. The fraction of sp³-hybridized carbons (Fsp3) is 0.600. The molecule has 2 rings (SSSR count). The van der Waals surface area contributed by atoms with E-state index in [1.165, 1.54) is 0 Å². The lowest BCUT2D eigenvalue weighted by atomic mass is 10.2. The quantitative estimate of drug-likeness (QED) is 0.849. The molecule has 20 heavy (non-hydrogen) atoms. The van der Waals surface area contributed by atoms with Gasteiger partial charge in [0.05, 0.1) is 6.54 Å². The van der Waals surface area contributed by atoms with Gasteiger partial charge in [-0.15, -0.1) is 0 Å². The minimum Gasteiger partial charge on any atom is -0.350 e. The molecule has 110 valence electrons. The number of hydrogen-bond donors (Lipinski definition) is 1. The van der Waals surface area contributed by atoms with Crippen LogP contribution in [0.2, 0.25) is 0 Å². The molecule has 1 fully saturated rings. The summed E-state index contributed by atoms with van der Waals surface area (Å²) in [6.45, 7) is 5.98. The van der Waals surface area contributed by atoms with Gasteiger partial charge < -0.3 is 15.1 Å². The molecule has 1 saturated heterocycles. The molecular weight excluding hydrogens is 252 g/mol. The lowest BCUT2D eigenvalue weighted by Crippen LogP contribution is -2.38. The predicted octanol–water partition coefficient (Wildman–Crippen LogP) is 1.25. The van der Waals surface area contributed by atoms with Gasteiger partial charge in [-0.2, -0.15) is 0 Å². The first-order valence-electron chi connectivity index (χ1n) is 7.36. The second kappa shape index (κ2) is 7.24. The number of pyridine rings is 1. The van der Waals surface area contributed by atoms with E-state index in [9.17, 15) is 4.79 Å². The summed E-state index contributed by atoms with van der Waals surface area (Å²) in [4.78, 5) is 20.5. The van der Waals surface area contributed by atoms with E-state index in [4.69, 9.17) is 0 Å². The van der Waals surface area contributed by atoms with Crippen molar-refractivity contribution in [2.75, 3.05) is 38.1 Å². The molecule has 1 aromatic heterocycles. The maximum absolute atomic E-state index is 12.2. The number of aromatic nitrogens is 1. The number of anilines is 1. The van der Waals surface area contributed by atoms with Crippen LogP contribution in [0.3, 0.4) is 0 Å². The van der Waals surface area contributed by atoms with Crippen molar-refractivity contribution in [2.45, 2.75) is 26.3 Å². The summed E-state index contributed by atoms with van der Waals surface area (Å²) in [6.07, 6.45) is 4.04. The van der Waals surface area contributed by atoms with Gasteiger partial charge in [-0.25, -0.2) is 4.98 Å². The SMILES string of the molecule is CCNCc1cccnc1N(C)CC(=O)N1CCCC1. The Bertz CT molecular complexity index is 443. The number of nitrogens with one attached hydrogen (secondary N) is 1. The molecule has 0 aromatic carbocycles. The Morgan fingerprint density at radius 3 is 2.90 bits per heavy atom. The number of carbonyl (C=O) groups is 1. The van der Waals surface area contributed by atoms with Crippen molar-refractivity contribution in [3.63, 3.8) is 0 Å². The van der Waals surface area contributed by atoms with E-state index >= 15 is 0 Å². The number of carbonyl (C=O) groups excluding carboxylic acids is 1. The maximum atomic E-state index is 12.2. The molecular formula is C15H24N4O. The molecule has 0 saturated carbocycles. The molecule has 1 aliphatic rings. The lowest BCUT2D eigenvalue weighted by Gasteiger charge is -2.23. The van der Waals surface area contributed by atoms with Crippen LogP contribution < -0.4 is 10.2 Å². The monoisotopic (exact) mass is 276 g/mol. The molecule has 2 heterocycles. The van der Waals surface area contributed by atoms with E-state index in [-0.39, 0.29) is 5.91 Å². The molecule has 1 aliphatic heterocycles. The Balaban J connectivity index is 2.00. The molecule has 5 heteroatoms. The third-order valence-corrected chi connectivity index (χ3v) is 3.63. The topological polar surface area (TPSA) is 48.5 Å². The molecule has 0 atom stereocenters. The predicted molar refractivity (Wildman–Crippen MR) is 80.7 cm³/mol. The van der Waals surface area contributed by atoms with Crippen molar-refractivity contribution < 1.29 is 4.79 Å². The van der Waals surface area contributed by atoms with Gasteiger partial charge in [-0.3, -0.25) is 4.79 Å². The maximum Gasteiger partial charge on any atom is 0.242 e. The second-order valence-electron chi connectivity index (χ2n) is 5.21. The van der Waals surface area contributed by atoms with Crippen molar-refractivity contribution in [1.29, 1.82) is 0 Å². The standard InChI is InChI=1S/C15H24N4O/c1-3-16-11-13-7-6-8-17-15(13)18(2)12-14(20)19-9-4-5-10-19/h6-8,16H,3-5,9-12H2,1-2H3. The molecule has 1 aromatic rings. The van der Waals surface area contributed by atoms with E-state index in [1.807, 2.05) is 22.9 Å². The molecule has 0 aliphatic carbocycles. The van der Waals surface area contributed by atoms with E-state index in [2.05, 4.69) is 23.3 Å². The first-order chi connectivity index (χ1) is 9.72. The number of rotatable bonds is 6. The Hall–Kier alpha value is -1.62. The van der Waals surface area contributed by atoms with Crippen molar-refractivity contribution in [2.24, 2.45) is 0 Å². The summed E-state index contributed by atoms with van der Waals surface area (Å²) in [5.74, 6) is 1.09. The average Bonchev–Trinajstić information content (AvgIpc) is 2.99. The van der Waals surface area contributed by atoms with Gasteiger partial charge in [0, 0.05) is 38.4 Å². The summed E-state index contributed by atoms with van der Waals surface area (Å²) in [5, 5.41) is 3.31.